The van der Waals surface area contributed by atoms with Gasteiger partial charge < -0.3 is 19.7 Å². The second kappa shape index (κ2) is 10.1. The highest BCUT2D eigenvalue weighted by Gasteiger charge is 2.33. The SMILES string of the molecule is CC(=O)C1CCN(c2cc3nc(CCC(C)(C)O)cn3cc2NC(=O)c2cccc(C(F)(F)F)n2)CC1. The number of aliphatic hydroxyl groups is 1. The Balaban J connectivity index is 1.67. The van der Waals surface area contributed by atoms with E-state index in [0.717, 1.165) is 17.8 Å². The van der Waals surface area contributed by atoms with Crippen LogP contribution < -0.4 is 10.2 Å². The zero-order valence-electron chi connectivity index (χ0n) is 21.0. The normalized spacial score (nSPS) is 15.3. The monoisotopic (exact) mass is 517 g/mol. The Morgan fingerprint density at radius 2 is 1.84 bits per heavy atom. The van der Waals surface area contributed by atoms with Gasteiger partial charge in [0.2, 0.25) is 0 Å². The molecular weight excluding hydrogens is 487 g/mol. The molecule has 0 saturated carbocycles. The van der Waals surface area contributed by atoms with Crippen LogP contribution in [0.25, 0.3) is 5.65 Å². The molecule has 3 aromatic rings. The van der Waals surface area contributed by atoms with Crippen molar-refractivity contribution < 1.29 is 27.9 Å². The number of anilines is 2. The van der Waals surface area contributed by atoms with Crippen LogP contribution in [0.4, 0.5) is 24.5 Å². The summed E-state index contributed by atoms with van der Waals surface area (Å²) < 4.78 is 41.1. The van der Waals surface area contributed by atoms with Crippen LogP contribution >= 0.6 is 0 Å². The number of rotatable bonds is 7. The first-order valence-corrected chi connectivity index (χ1v) is 12.2. The molecule has 11 heteroatoms. The maximum absolute atomic E-state index is 13.1. The molecule has 0 aliphatic carbocycles. The molecule has 198 valence electrons. The van der Waals surface area contributed by atoms with Crippen LogP contribution in [-0.4, -0.2) is 49.9 Å². The van der Waals surface area contributed by atoms with Gasteiger partial charge in [0.05, 0.1) is 22.7 Å². The number of fused-ring (bicyclic) bond motifs is 1. The van der Waals surface area contributed by atoms with Crippen LogP contribution in [0.2, 0.25) is 0 Å². The van der Waals surface area contributed by atoms with Crippen molar-refractivity contribution in [2.24, 2.45) is 5.92 Å². The predicted molar refractivity (Wildman–Crippen MR) is 133 cm³/mol. The van der Waals surface area contributed by atoms with Crippen molar-refractivity contribution in [3.05, 3.63) is 53.7 Å². The molecule has 0 radical (unpaired) electrons. The van der Waals surface area contributed by atoms with E-state index in [0.29, 0.717) is 55.8 Å². The first-order valence-electron chi connectivity index (χ1n) is 12.2. The molecule has 8 nitrogen and oxygen atoms in total. The molecule has 37 heavy (non-hydrogen) atoms. The van der Waals surface area contributed by atoms with Crippen molar-refractivity contribution in [2.75, 3.05) is 23.3 Å². The van der Waals surface area contributed by atoms with Gasteiger partial charge in [0.25, 0.3) is 5.91 Å². The smallest absolute Gasteiger partial charge is 0.390 e. The van der Waals surface area contributed by atoms with Crippen molar-refractivity contribution in [1.82, 2.24) is 14.4 Å². The number of aryl methyl sites for hydroxylation is 1. The minimum atomic E-state index is -4.67. The molecule has 2 N–H and O–H groups in total. The van der Waals surface area contributed by atoms with E-state index in [1.165, 1.54) is 6.07 Å². The number of aromatic nitrogens is 3. The van der Waals surface area contributed by atoms with Gasteiger partial charge in [-0.25, -0.2) is 9.97 Å². The summed E-state index contributed by atoms with van der Waals surface area (Å²) in [7, 11) is 0. The molecule has 1 fully saturated rings. The zero-order chi connectivity index (χ0) is 27.0. The highest BCUT2D eigenvalue weighted by Crippen LogP contribution is 2.33. The molecule has 0 spiro atoms. The lowest BCUT2D eigenvalue weighted by Gasteiger charge is -2.33. The fourth-order valence-corrected chi connectivity index (χ4v) is 4.42. The van der Waals surface area contributed by atoms with Gasteiger partial charge in [-0.05, 0) is 58.6 Å². The van der Waals surface area contributed by atoms with Gasteiger partial charge in [0, 0.05) is 37.5 Å². The second-order valence-corrected chi connectivity index (χ2v) is 10.1. The summed E-state index contributed by atoms with van der Waals surface area (Å²) in [6.45, 7) is 6.19. The minimum Gasteiger partial charge on any atom is -0.390 e. The highest BCUT2D eigenvalue weighted by molar-refractivity contribution is 6.04. The van der Waals surface area contributed by atoms with Crippen molar-refractivity contribution in [3.8, 4) is 0 Å². The Hall–Kier alpha value is -3.47. The maximum Gasteiger partial charge on any atom is 0.433 e. The average molecular weight is 518 g/mol. The van der Waals surface area contributed by atoms with Gasteiger partial charge in [-0.2, -0.15) is 13.2 Å². The van der Waals surface area contributed by atoms with E-state index in [4.69, 9.17) is 0 Å². The number of nitrogens with one attached hydrogen (secondary N) is 1. The fraction of sp³-hybridized carbons (Fsp3) is 0.462. The number of nitrogens with zero attached hydrogens (tertiary/aromatic N) is 4. The Morgan fingerprint density at radius 1 is 1.14 bits per heavy atom. The molecule has 0 aromatic carbocycles. The third-order valence-corrected chi connectivity index (χ3v) is 6.54. The standard InChI is InChI=1S/C26H30F3N5O3/c1-16(35)17-8-11-33(12-9-17)21-13-23-30-18(7-10-25(2,3)37)14-34(23)15-20(21)32-24(36)19-5-4-6-22(31-19)26(27,28)29/h4-6,13-15,17,37H,7-12H2,1-3H3,(H,32,36). The van der Waals surface area contributed by atoms with Crippen molar-refractivity contribution in [3.63, 3.8) is 0 Å². The van der Waals surface area contributed by atoms with E-state index >= 15 is 0 Å². The molecule has 0 atom stereocenters. The number of imidazole rings is 1. The molecule has 4 rings (SSSR count). The number of hydrogen-bond acceptors (Lipinski definition) is 6. The van der Waals surface area contributed by atoms with Crippen molar-refractivity contribution in [2.45, 2.75) is 58.2 Å². The number of pyridine rings is 2. The van der Waals surface area contributed by atoms with E-state index in [2.05, 4.69) is 15.3 Å². The van der Waals surface area contributed by atoms with E-state index in [1.54, 1.807) is 37.6 Å². The van der Waals surface area contributed by atoms with Gasteiger partial charge in [0.1, 0.15) is 22.8 Å². The molecule has 1 amide bonds. The molecule has 1 saturated heterocycles. The second-order valence-electron chi connectivity index (χ2n) is 10.1. The molecule has 4 heterocycles. The third kappa shape index (κ3) is 6.46. The summed E-state index contributed by atoms with van der Waals surface area (Å²) in [6, 6.07) is 5.00. The summed E-state index contributed by atoms with van der Waals surface area (Å²) in [5, 5.41) is 12.8. The van der Waals surface area contributed by atoms with E-state index in [9.17, 15) is 27.9 Å². The number of piperidine rings is 1. The number of alkyl halides is 3. The molecule has 1 aliphatic rings. The van der Waals surface area contributed by atoms with E-state index in [1.807, 2.05) is 11.0 Å². The molecule has 0 bridgehead atoms. The van der Waals surface area contributed by atoms with Crippen LogP contribution in [0.3, 0.4) is 0 Å². The fourth-order valence-electron chi connectivity index (χ4n) is 4.42. The Bertz CT molecular complexity index is 1310. The number of carbonyl (C=O) groups is 2. The summed E-state index contributed by atoms with van der Waals surface area (Å²) in [4.78, 5) is 35.0. The summed E-state index contributed by atoms with van der Waals surface area (Å²) in [5.74, 6) is -0.649. The Morgan fingerprint density at radius 3 is 2.46 bits per heavy atom. The zero-order valence-corrected chi connectivity index (χ0v) is 21.0. The summed E-state index contributed by atoms with van der Waals surface area (Å²) in [5.41, 5.74) is 0.0924. The molecule has 3 aromatic heterocycles. The number of Topliss-reactive ketones (excluding diaryl/α,β-unsaturated/α-hetero) is 1. The number of carbonyl (C=O) groups excluding carboxylic acids is 2. The van der Waals surface area contributed by atoms with E-state index in [-0.39, 0.29) is 17.4 Å². The van der Waals surface area contributed by atoms with Gasteiger partial charge in [0.15, 0.2) is 0 Å². The lowest BCUT2D eigenvalue weighted by atomic mass is 9.93. The Labute approximate surface area is 212 Å². The summed E-state index contributed by atoms with van der Waals surface area (Å²) in [6.07, 6.45) is 1.17. The van der Waals surface area contributed by atoms with Crippen LogP contribution in [0.15, 0.2) is 36.7 Å². The molecule has 1 aliphatic heterocycles. The van der Waals surface area contributed by atoms with Gasteiger partial charge in [-0.15, -0.1) is 0 Å². The minimum absolute atomic E-state index is 0.0211. The number of hydrogen-bond donors (Lipinski definition) is 2. The van der Waals surface area contributed by atoms with Crippen molar-refractivity contribution in [1.29, 1.82) is 0 Å². The van der Waals surface area contributed by atoms with Crippen LogP contribution in [0.5, 0.6) is 0 Å². The van der Waals surface area contributed by atoms with E-state index < -0.39 is 23.4 Å². The largest absolute Gasteiger partial charge is 0.433 e. The van der Waals surface area contributed by atoms with Crippen molar-refractivity contribution >= 4 is 28.7 Å². The number of halogens is 3. The first kappa shape index (κ1) is 26.6. The maximum atomic E-state index is 13.1. The van der Waals surface area contributed by atoms with Crippen LogP contribution in [0, 0.1) is 5.92 Å². The van der Waals surface area contributed by atoms with Gasteiger partial charge in [-0.1, -0.05) is 6.07 Å². The average Bonchev–Trinajstić information content (AvgIpc) is 3.23. The quantitative estimate of drug-likeness (QED) is 0.479. The molecular formula is C26H30F3N5O3. The predicted octanol–water partition coefficient (Wildman–Crippen LogP) is 4.51. The topological polar surface area (TPSA) is 99.8 Å². The summed E-state index contributed by atoms with van der Waals surface area (Å²) >= 11 is 0. The van der Waals surface area contributed by atoms with Crippen LogP contribution in [0.1, 0.15) is 61.9 Å². The third-order valence-electron chi connectivity index (χ3n) is 6.54. The Kier molecular flexibility index (Phi) is 7.27. The van der Waals surface area contributed by atoms with Gasteiger partial charge in [-0.3, -0.25) is 9.59 Å². The lowest BCUT2D eigenvalue weighted by Crippen LogP contribution is -2.36. The molecule has 0 unspecified atom stereocenters. The highest BCUT2D eigenvalue weighted by atomic mass is 19.4. The lowest BCUT2D eigenvalue weighted by molar-refractivity contribution is -0.141. The van der Waals surface area contributed by atoms with Crippen LogP contribution in [-0.2, 0) is 17.4 Å². The number of ketones is 1. The first-order chi connectivity index (χ1) is 17.3. The van der Waals surface area contributed by atoms with Gasteiger partial charge >= 0.3 is 6.18 Å². The number of amides is 1.